The number of rotatable bonds is 7. The summed E-state index contributed by atoms with van der Waals surface area (Å²) < 4.78 is 11.2. The van der Waals surface area contributed by atoms with E-state index in [2.05, 4.69) is 31.1 Å². The van der Waals surface area contributed by atoms with Crippen LogP contribution in [0.3, 0.4) is 0 Å². The van der Waals surface area contributed by atoms with Gasteiger partial charge in [0, 0.05) is 23.2 Å². The number of methoxy groups -OCH3 is 2. The molecular formula is C19H27N3O2. The average molecular weight is 329 g/mol. The second kappa shape index (κ2) is 7.53. The quantitative estimate of drug-likeness (QED) is 0.812. The topological polar surface area (TPSA) is 69.4 Å². The molecule has 1 aromatic heterocycles. The highest BCUT2D eigenvalue weighted by Crippen LogP contribution is 2.35. The molecule has 1 aromatic carbocycles. The summed E-state index contributed by atoms with van der Waals surface area (Å²) in [6.07, 6.45) is 1.04. The van der Waals surface area contributed by atoms with Crippen molar-refractivity contribution in [3.8, 4) is 22.8 Å². The van der Waals surface area contributed by atoms with E-state index in [4.69, 9.17) is 15.2 Å². The van der Waals surface area contributed by atoms with Gasteiger partial charge in [0.15, 0.2) is 0 Å². The van der Waals surface area contributed by atoms with Crippen molar-refractivity contribution >= 4 is 5.82 Å². The normalized spacial score (nSPS) is 11.4. The maximum absolute atomic E-state index is 5.81. The number of nitrogens with zero attached hydrogens (tertiary/aromatic N) is 1. The van der Waals surface area contributed by atoms with Gasteiger partial charge in [-0.3, -0.25) is 0 Å². The summed E-state index contributed by atoms with van der Waals surface area (Å²) in [6.45, 7) is 7.23. The number of nitrogens with two attached hydrogens (primary N) is 1. The number of pyridine rings is 1. The Kier molecular flexibility index (Phi) is 5.67. The van der Waals surface area contributed by atoms with Gasteiger partial charge in [0.05, 0.1) is 19.9 Å². The number of hydrogen-bond acceptors (Lipinski definition) is 5. The van der Waals surface area contributed by atoms with E-state index in [9.17, 15) is 0 Å². The molecule has 5 heteroatoms. The predicted molar refractivity (Wildman–Crippen MR) is 98.4 cm³/mol. The van der Waals surface area contributed by atoms with Crippen molar-refractivity contribution in [2.24, 2.45) is 0 Å². The first-order valence-electron chi connectivity index (χ1n) is 8.13. The van der Waals surface area contributed by atoms with Gasteiger partial charge in [0.25, 0.3) is 0 Å². The third kappa shape index (κ3) is 4.17. The fourth-order valence-corrected chi connectivity index (χ4v) is 2.36. The van der Waals surface area contributed by atoms with Crippen molar-refractivity contribution in [2.45, 2.75) is 39.3 Å². The highest BCUT2D eigenvalue weighted by Gasteiger charge is 2.18. The molecule has 0 radical (unpaired) electrons. The summed E-state index contributed by atoms with van der Waals surface area (Å²) in [6, 6.07) is 9.50. The van der Waals surface area contributed by atoms with Crippen LogP contribution in [0.25, 0.3) is 11.3 Å². The molecule has 0 saturated carbocycles. The molecule has 0 unspecified atom stereocenters. The van der Waals surface area contributed by atoms with E-state index >= 15 is 0 Å². The summed E-state index contributed by atoms with van der Waals surface area (Å²) in [4.78, 5) is 4.38. The van der Waals surface area contributed by atoms with Crippen LogP contribution in [0.5, 0.6) is 11.5 Å². The third-order valence-corrected chi connectivity index (χ3v) is 4.29. The van der Waals surface area contributed by atoms with Crippen LogP contribution in [0.4, 0.5) is 5.82 Å². The molecule has 3 N–H and O–H groups in total. The SMILES string of the molecule is CCC(C)(C)NCc1cc(OC)c(-c2cccc(N)n2)cc1OC. The molecular weight excluding hydrogens is 302 g/mol. The summed E-state index contributed by atoms with van der Waals surface area (Å²) >= 11 is 0. The third-order valence-electron chi connectivity index (χ3n) is 4.29. The molecule has 0 spiro atoms. The van der Waals surface area contributed by atoms with Crippen molar-refractivity contribution in [3.63, 3.8) is 0 Å². The fourth-order valence-electron chi connectivity index (χ4n) is 2.36. The van der Waals surface area contributed by atoms with Crippen molar-refractivity contribution in [2.75, 3.05) is 20.0 Å². The Bertz CT molecular complexity index is 699. The lowest BCUT2D eigenvalue weighted by Gasteiger charge is -2.25. The van der Waals surface area contributed by atoms with Crippen molar-refractivity contribution in [3.05, 3.63) is 35.9 Å². The summed E-state index contributed by atoms with van der Waals surface area (Å²) in [5.74, 6) is 2.03. The predicted octanol–water partition coefficient (Wildman–Crippen LogP) is 3.63. The van der Waals surface area contributed by atoms with Crippen LogP contribution < -0.4 is 20.5 Å². The highest BCUT2D eigenvalue weighted by molar-refractivity contribution is 5.71. The molecule has 2 aromatic rings. The van der Waals surface area contributed by atoms with E-state index in [1.54, 1.807) is 20.3 Å². The first-order chi connectivity index (χ1) is 11.4. The molecule has 2 rings (SSSR count). The number of nitrogen functional groups attached to an aromatic ring is 1. The van der Waals surface area contributed by atoms with E-state index in [0.717, 1.165) is 34.7 Å². The van der Waals surface area contributed by atoms with Crippen LogP contribution in [0.15, 0.2) is 30.3 Å². The minimum absolute atomic E-state index is 0.0619. The number of ether oxygens (including phenoxy) is 2. The average Bonchev–Trinajstić information content (AvgIpc) is 2.59. The standard InChI is InChI=1S/C19H27N3O2/c1-6-19(2,3)21-12-13-10-17(24-5)14(11-16(13)23-4)15-8-7-9-18(20)22-15/h7-11,21H,6,12H2,1-5H3,(H2,20,22). The van der Waals surface area contributed by atoms with Gasteiger partial charge in [-0.2, -0.15) is 0 Å². The zero-order valence-corrected chi connectivity index (χ0v) is 15.1. The maximum Gasteiger partial charge on any atom is 0.128 e. The zero-order chi connectivity index (χ0) is 17.7. The van der Waals surface area contributed by atoms with Crippen LogP contribution in [-0.2, 0) is 6.54 Å². The van der Waals surface area contributed by atoms with Gasteiger partial charge >= 0.3 is 0 Å². The van der Waals surface area contributed by atoms with Crippen molar-refractivity contribution in [1.29, 1.82) is 0 Å². The number of hydrogen-bond donors (Lipinski definition) is 2. The molecule has 0 aliphatic rings. The number of aromatic nitrogens is 1. The van der Waals surface area contributed by atoms with Gasteiger partial charge in [0.1, 0.15) is 17.3 Å². The minimum atomic E-state index is 0.0619. The van der Waals surface area contributed by atoms with Crippen LogP contribution in [0, 0.1) is 0 Å². The second-order valence-corrected chi connectivity index (χ2v) is 6.40. The Morgan fingerprint density at radius 1 is 1.12 bits per heavy atom. The number of nitrogens with one attached hydrogen (secondary N) is 1. The number of anilines is 1. The molecule has 0 fully saturated rings. The van der Waals surface area contributed by atoms with Gasteiger partial charge in [-0.25, -0.2) is 4.98 Å². The lowest BCUT2D eigenvalue weighted by molar-refractivity contribution is 0.362. The molecule has 0 amide bonds. The Balaban J connectivity index is 2.42. The molecule has 0 aliphatic carbocycles. The highest BCUT2D eigenvalue weighted by atomic mass is 16.5. The number of benzene rings is 1. The summed E-state index contributed by atoms with van der Waals surface area (Å²) in [5.41, 5.74) is 8.54. The first kappa shape index (κ1) is 18.1. The van der Waals surface area contributed by atoms with Crippen molar-refractivity contribution < 1.29 is 9.47 Å². The van der Waals surface area contributed by atoms with Crippen LogP contribution in [0.2, 0.25) is 0 Å². The fraction of sp³-hybridized carbons (Fsp3) is 0.421. The lowest BCUT2D eigenvalue weighted by atomic mass is 10.0. The van der Waals surface area contributed by atoms with Gasteiger partial charge in [-0.05, 0) is 44.5 Å². The van der Waals surface area contributed by atoms with Crippen LogP contribution in [-0.4, -0.2) is 24.7 Å². The van der Waals surface area contributed by atoms with E-state index in [1.165, 1.54) is 0 Å². The minimum Gasteiger partial charge on any atom is -0.496 e. The lowest BCUT2D eigenvalue weighted by Crippen LogP contribution is -2.37. The molecule has 0 atom stereocenters. The monoisotopic (exact) mass is 329 g/mol. The Morgan fingerprint density at radius 3 is 2.42 bits per heavy atom. The molecule has 0 aliphatic heterocycles. The molecule has 5 nitrogen and oxygen atoms in total. The smallest absolute Gasteiger partial charge is 0.128 e. The molecule has 1 heterocycles. The Morgan fingerprint density at radius 2 is 1.83 bits per heavy atom. The van der Waals surface area contributed by atoms with Gasteiger partial charge in [-0.15, -0.1) is 0 Å². The molecule has 0 bridgehead atoms. The van der Waals surface area contributed by atoms with Gasteiger partial charge < -0.3 is 20.5 Å². The van der Waals surface area contributed by atoms with Gasteiger partial charge in [0.2, 0.25) is 0 Å². The maximum atomic E-state index is 5.81. The van der Waals surface area contributed by atoms with E-state index in [1.807, 2.05) is 24.3 Å². The van der Waals surface area contributed by atoms with E-state index < -0.39 is 0 Å². The van der Waals surface area contributed by atoms with Crippen molar-refractivity contribution in [1.82, 2.24) is 10.3 Å². The molecule has 24 heavy (non-hydrogen) atoms. The van der Waals surface area contributed by atoms with E-state index in [0.29, 0.717) is 12.4 Å². The summed E-state index contributed by atoms with van der Waals surface area (Å²) in [7, 11) is 3.33. The van der Waals surface area contributed by atoms with Crippen LogP contribution >= 0.6 is 0 Å². The first-order valence-corrected chi connectivity index (χ1v) is 8.13. The van der Waals surface area contributed by atoms with Crippen LogP contribution in [0.1, 0.15) is 32.8 Å². The summed E-state index contributed by atoms with van der Waals surface area (Å²) in [5, 5.41) is 3.55. The Hall–Kier alpha value is -2.27. The molecule has 130 valence electrons. The largest absolute Gasteiger partial charge is 0.496 e. The molecule has 0 saturated heterocycles. The zero-order valence-electron chi connectivity index (χ0n) is 15.1. The van der Waals surface area contributed by atoms with E-state index in [-0.39, 0.29) is 5.54 Å². The Labute approximate surface area is 144 Å². The van der Waals surface area contributed by atoms with Gasteiger partial charge in [-0.1, -0.05) is 13.0 Å². The second-order valence-electron chi connectivity index (χ2n) is 6.40.